The molecule has 2 aromatic rings. The first-order chi connectivity index (χ1) is 14.3. The minimum Gasteiger partial charge on any atom is -0.341 e. The number of carbonyl (C=O) groups excluding carboxylic acids is 1. The van der Waals surface area contributed by atoms with Crippen LogP contribution in [0.15, 0.2) is 28.6 Å². The zero-order chi connectivity index (χ0) is 21.3. The van der Waals surface area contributed by atoms with Crippen molar-refractivity contribution in [3.05, 3.63) is 34.3 Å². The number of hydrogen-bond acceptors (Lipinski definition) is 7. The minimum absolute atomic E-state index is 0.00562. The third-order valence-electron chi connectivity index (χ3n) is 6.01. The molecule has 9 heteroatoms. The van der Waals surface area contributed by atoms with E-state index in [0.29, 0.717) is 43.5 Å². The molecule has 1 atom stereocenters. The van der Waals surface area contributed by atoms with Gasteiger partial charge in [-0.25, -0.2) is 18.4 Å². The summed E-state index contributed by atoms with van der Waals surface area (Å²) < 4.78 is 24.8. The Balaban J connectivity index is 1.56. The van der Waals surface area contributed by atoms with Gasteiger partial charge in [0.15, 0.2) is 9.84 Å². The molecule has 1 amide bonds. The van der Waals surface area contributed by atoms with Crippen LogP contribution in [-0.2, 0) is 9.84 Å². The van der Waals surface area contributed by atoms with E-state index in [9.17, 15) is 13.2 Å². The number of anilines is 1. The normalized spacial score (nSPS) is 21.1. The predicted octanol–water partition coefficient (Wildman–Crippen LogP) is 3.20. The second kappa shape index (κ2) is 8.63. The topological polar surface area (TPSA) is 83.5 Å². The summed E-state index contributed by atoms with van der Waals surface area (Å²) in [6.07, 6.45) is 6.39. The average Bonchev–Trinajstić information content (AvgIpc) is 3.27. The lowest BCUT2D eigenvalue weighted by atomic mass is 9.93. The Labute approximate surface area is 182 Å². The van der Waals surface area contributed by atoms with Crippen LogP contribution in [-0.4, -0.2) is 61.6 Å². The van der Waals surface area contributed by atoms with Gasteiger partial charge in [0.25, 0.3) is 5.91 Å². The third-order valence-corrected chi connectivity index (χ3v) is 7.98. The molecule has 0 bridgehead atoms. The monoisotopic (exact) mass is 448 g/mol. The van der Waals surface area contributed by atoms with Crippen molar-refractivity contribution in [3.63, 3.8) is 0 Å². The van der Waals surface area contributed by atoms with E-state index in [1.807, 2.05) is 22.4 Å². The van der Waals surface area contributed by atoms with Crippen molar-refractivity contribution in [1.29, 1.82) is 0 Å². The Morgan fingerprint density at radius 1 is 1.20 bits per heavy atom. The second-order valence-corrected chi connectivity index (χ2v) is 11.4. The van der Waals surface area contributed by atoms with E-state index in [1.165, 1.54) is 30.2 Å². The lowest BCUT2D eigenvalue weighted by Crippen LogP contribution is -2.38. The number of sulfone groups is 1. The lowest BCUT2D eigenvalue weighted by Gasteiger charge is -2.34. The van der Waals surface area contributed by atoms with Gasteiger partial charge in [0, 0.05) is 38.4 Å². The summed E-state index contributed by atoms with van der Waals surface area (Å²) in [5, 5.41) is 1.90. The van der Waals surface area contributed by atoms with Crippen LogP contribution in [0.1, 0.15) is 53.9 Å². The molecule has 162 valence electrons. The molecule has 0 aliphatic carbocycles. The molecule has 4 rings (SSSR count). The zero-order valence-corrected chi connectivity index (χ0v) is 19.1. The van der Waals surface area contributed by atoms with E-state index < -0.39 is 9.84 Å². The smallest absolute Gasteiger partial charge is 0.263 e. The molecule has 0 saturated carbocycles. The third kappa shape index (κ3) is 4.51. The molecule has 2 aliphatic heterocycles. The molecule has 2 aromatic heterocycles. The zero-order valence-electron chi connectivity index (χ0n) is 17.5. The standard InChI is InChI=1S/C21H28N4O3S2/c1-15-5-3-9-25(14-15)21-22-13-18(30(2,27)28)19(23-21)16-7-10-24(11-8-16)20(26)17-6-4-12-29-17/h4,6,12-13,15-16H,3,5,7-11,14H2,1-2H3. The highest BCUT2D eigenvalue weighted by Gasteiger charge is 2.31. The van der Waals surface area contributed by atoms with Crippen molar-refractivity contribution < 1.29 is 13.2 Å². The summed E-state index contributed by atoms with van der Waals surface area (Å²) in [5.74, 6) is 1.26. The van der Waals surface area contributed by atoms with Gasteiger partial charge in [-0.15, -0.1) is 11.3 Å². The molecule has 0 aromatic carbocycles. The highest BCUT2D eigenvalue weighted by molar-refractivity contribution is 7.90. The van der Waals surface area contributed by atoms with Gasteiger partial charge in [-0.1, -0.05) is 13.0 Å². The number of piperidine rings is 2. The maximum absolute atomic E-state index is 12.6. The van der Waals surface area contributed by atoms with Crippen molar-refractivity contribution in [2.24, 2.45) is 5.92 Å². The largest absolute Gasteiger partial charge is 0.341 e. The summed E-state index contributed by atoms with van der Waals surface area (Å²) in [4.78, 5) is 26.8. The molecule has 0 N–H and O–H groups in total. The predicted molar refractivity (Wildman–Crippen MR) is 118 cm³/mol. The van der Waals surface area contributed by atoms with Gasteiger partial charge in [0.1, 0.15) is 4.90 Å². The van der Waals surface area contributed by atoms with Crippen molar-refractivity contribution in [2.75, 3.05) is 37.3 Å². The van der Waals surface area contributed by atoms with E-state index in [-0.39, 0.29) is 16.7 Å². The van der Waals surface area contributed by atoms with E-state index in [0.717, 1.165) is 24.4 Å². The quantitative estimate of drug-likeness (QED) is 0.714. The number of amides is 1. The Kier molecular flexibility index (Phi) is 6.11. The van der Waals surface area contributed by atoms with Crippen LogP contribution in [0.5, 0.6) is 0 Å². The molecule has 2 aliphatic rings. The van der Waals surface area contributed by atoms with Crippen LogP contribution < -0.4 is 4.90 Å². The molecule has 30 heavy (non-hydrogen) atoms. The number of carbonyl (C=O) groups is 1. The number of thiophene rings is 1. The summed E-state index contributed by atoms with van der Waals surface area (Å²) >= 11 is 1.45. The van der Waals surface area contributed by atoms with Crippen LogP contribution >= 0.6 is 11.3 Å². The van der Waals surface area contributed by atoms with Gasteiger partial charge >= 0.3 is 0 Å². The Morgan fingerprint density at radius 3 is 2.60 bits per heavy atom. The number of aromatic nitrogens is 2. The Bertz CT molecular complexity index is 999. The van der Waals surface area contributed by atoms with Crippen LogP contribution in [0.4, 0.5) is 5.95 Å². The summed E-state index contributed by atoms with van der Waals surface area (Å²) in [7, 11) is -3.43. The van der Waals surface area contributed by atoms with Crippen LogP contribution in [0.2, 0.25) is 0 Å². The molecular weight excluding hydrogens is 420 g/mol. The van der Waals surface area contributed by atoms with Gasteiger partial charge in [-0.3, -0.25) is 4.79 Å². The first-order valence-electron chi connectivity index (χ1n) is 10.5. The molecule has 0 spiro atoms. The van der Waals surface area contributed by atoms with E-state index in [1.54, 1.807) is 0 Å². The van der Waals surface area contributed by atoms with Crippen molar-refractivity contribution >= 4 is 33.0 Å². The van der Waals surface area contributed by atoms with Crippen LogP contribution in [0.3, 0.4) is 0 Å². The van der Waals surface area contributed by atoms with Gasteiger partial charge < -0.3 is 9.80 Å². The van der Waals surface area contributed by atoms with Gasteiger partial charge in [0.05, 0.1) is 16.8 Å². The Hall–Kier alpha value is -2.00. The molecule has 2 fully saturated rings. The Morgan fingerprint density at radius 2 is 1.97 bits per heavy atom. The van der Waals surface area contributed by atoms with Crippen molar-refractivity contribution in [3.8, 4) is 0 Å². The van der Waals surface area contributed by atoms with Crippen molar-refractivity contribution in [1.82, 2.24) is 14.9 Å². The molecule has 7 nitrogen and oxygen atoms in total. The summed E-state index contributed by atoms with van der Waals surface area (Å²) in [6, 6.07) is 3.73. The van der Waals surface area contributed by atoms with Crippen molar-refractivity contribution in [2.45, 2.75) is 43.4 Å². The fourth-order valence-corrected chi connectivity index (χ4v) is 5.92. The summed E-state index contributed by atoms with van der Waals surface area (Å²) in [5.41, 5.74) is 0.615. The highest BCUT2D eigenvalue weighted by Crippen LogP contribution is 2.33. The minimum atomic E-state index is -3.43. The van der Waals surface area contributed by atoms with Crippen LogP contribution in [0, 0.1) is 5.92 Å². The second-order valence-electron chi connectivity index (χ2n) is 8.43. The average molecular weight is 449 g/mol. The van der Waals surface area contributed by atoms with Gasteiger partial charge in [-0.05, 0) is 43.0 Å². The van der Waals surface area contributed by atoms with E-state index in [4.69, 9.17) is 4.98 Å². The van der Waals surface area contributed by atoms with Gasteiger partial charge in [0.2, 0.25) is 5.95 Å². The molecule has 1 unspecified atom stereocenters. The molecule has 4 heterocycles. The SMILES string of the molecule is CC1CCCN(c2ncc(S(C)(=O)=O)c(C3CCN(C(=O)c4cccs4)CC3)n2)C1. The molecular formula is C21H28N4O3S2. The molecule has 2 saturated heterocycles. The maximum Gasteiger partial charge on any atom is 0.263 e. The van der Waals surface area contributed by atoms with Gasteiger partial charge in [-0.2, -0.15) is 0 Å². The highest BCUT2D eigenvalue weighted by atomic mass is 32.2. The summed E-state index contributed by atoms with van der Waals surface area (Å²) in [6.45, 7) is 5.22. The fraction of sp³-hybridized carbons (Fsp3) is 0.571. The lowest BCUT2D eigenvalue weighted by molar-refractivity contribution is 0.0716. The number of likely N-dealkylation sites (tertiary alicyclic amines) is 1. The number of hydrogen-bond donors (Lipinski definition) is 0. The fourth-order valence-electron chi connectivity index (χ4n) is 4.39. The van der Waals surface area contributed by atoms with E-state index in [2.05, 4.69) is 16.8 Å². The first kappa shape index (κ1) is 21.2. The number of rotatable bonds is 4. The van der Waals surface area contributed by atoms with E-state index >= 15 is 0 Å². The molecule has 0 radical (unpaired) electrons. The first-order valence-corrected chi connectivity index (χ1v) is 13.2. The number of nitrogens with zero attached hydrogens (tertiary/aromatic N) is 4. The van der Waals surface area contributed by atoms with Crippen LogP contribution in [0.25, 0.3) is 0 Å². The maximum atomic E-state index is 12.6.